The predicted molar refractivity (Wildman–Crippen MR) is 210 cm³/mol. The summed E-state index contributed by atoms with van der Waals surface area (Å²) in [6.45, 7) is 3.60. The van der Waals surface area contributed by atoms with Crippen molar-refractivity contribution in [2.75, 3.05) is 13.2 Å². The molecule has 54 heavy (non-hydrogen) atoms. The first-order chi connectivity index (χ1) is 26.2. The van der Waals surface area contributed by atoms with Crippen molar-refractivity contribution >= 4 is 17.9 Å². The Kier molecular flexibility index (Phi) is 30.1. The summed E-state index contributed by atoms with van der Waals surface area (Å²) in [6, 6.07) is 0. The number of hydrogen-bond donors (Lipinski definition) is 4. The van der Waals surface area contributed by atoms with E-state index in [0.29, 0.717) is 12.8 Å². The number of carbonyl (C=O) groups is 3. The standard InChI is InChI=1S/C43H70O11/c1-3-5-7-9-11-13-15-16-17-18-19-20-22-23-25-27-29-31-36(44)51-33-35(34-52-43-40(48)38(46)39(47)41(54-43)42(49)50)53-37(45)32-30-28-26-24-21-14-12-10-8-6-4-2/h5,7,10-13,16-17,19-20,35,38-41,43,46-48H,3-4,6,8-9,14-15,18,21-34H2,1-2H3,(H,49,50)/b7-5-,12-10-,13-11-,17-16-,20-19-. The monoisotopic (exact) mass is 762 g/mol. The average Bonchev–Trinajstić information content (AvgIpc) is 3.15. The molecule has 11 nitrogen and oxygen atoms in total. The van der Waals surface area contributed by atoms with Gasteiger partial charge in [-0.15, -0.1) is 0 Å². The summed E-state index contributed by atoms with van der Waals surface area (Å²) in [4.78, 5) is 36.7. The number of aliphatic hydroxyl groups excluding tert-OH is 3. The molecule has 6 unspecified atom stereocenters. The summed E-state index contributed by atoms with van der Waals surface area (Å²) in [5.74, 6) is -2.50. The fraction of sp³-hybridized carbons (Fsp3) is 0.698. The van der Waals surface area contributed by atoms with Crippen molar-refractivity contribution < 1.29 is 53.8 Å². The van der Waals surface area contributed by atoms with Gasteiger partial charge in [0.05, 0.1) is 6.61 Å². The maximum Gasteiger partial charge on any atom is 0.335 e. The lowest BCUT2D eigenvalue weighted by atomic mass is 9.99. The van der Waals surface area contributed by atoms with Crippen LogP contribution in [0.25, 0.3) is 0 Å². The van der Waals surface area contributed by atoms with Crippen LogP contribution in [-0.2, 0) is 33.3 Å². The molecule has 0 aromatic heterocycles. The van der Waals surface area contributed by atoms with Crippen molar-refractivity contribution in [3.8, 4) is 0 Å². The highest BCUT2D eigenvalue weighted by molar-refractivity contribution is 5.73. The van der Waals surface area contributed by atoms with Gasteiger partial charge < -0.3 is 39.4 Å². The van der Waals surface area contributed by atoms with Gasteiger partial charge in [-0.3, -0.25) is 9.59 Å². The zero-order chi connectivity index (χ0) is 39.7. The third kappa shape index (κ3) is 25.1. The van der Waals surface area contributed by atoms with Crippen LogP contribution in [0.3, 0.4) is 0 Å². The predicted octanol–water partition coefficient (Wildman–Crippen LogP) is 7.97. The Hall–Kier alpha value is -3.09. The maximum absolute atomic E-state index is 12.7. The van der Waals surface area contributed by atoms with Crippen molar-refractivity contribution in [2.45, 2.75) is 179 Å². The molecular formula is C43H70O11. The first kappa shape index (κ1) is 48.9. The molecular weight excluding hydrogens is 692 g/mol. The molecule has 0 aromatic rings. The van der Waals surface area contributed by atoms with Gasteiger partial charge in [0.15, 0.2) is 18.5 Å². The maximum atomic E-state index is 12.7. The number of aliphatic carboxylic acids is 1. The van der Waals surface area contributed by atoms with Crippen LogP contribution in [0.2, 0.25) is 0 Å². The van der Waals surface area contributed by atoms with Gasteiger partial charge in [-0.1, -0.05) is 120 Å². The van der Waals surface area contributed by atoms with Gasteiger partial charge >= 0.3 is 17.9 Å². The molecule has 1 heterocycles. The van der Waals surface area contributed by atoms with Crippen molar-refractivity contribution in [1.82, 2.24) is 0 Å². The van der Waals surface area contributed by atoms with Crippen molar-refractivity contribution in [1.29, 1.82) is 0 Å². The Morgan fingerprint density at radius 3 is 1.67 bits per heavy atom. The van der Waals surface area contributed by atoms with Crippen LogP contribution in [0.15, 0.2) is 60.8 Å². The lowest BCUT2D eigenvalue weighted by molar-refractivity contribution is -0.298. The molecule has 1 aliphatic rings. The van der Waals surface area contributed by atoms with Gasteiger partial charge in [0.25, 0.3) is 0 Å². The molecule has 0 saturated carbocycles. The van der Waals surface area contributed by atoms with Crippen LogP contribution in [0.4, 0.5) is 0 Å². The minimum atomic E-state index is -1.87. The number of hydrogen-bond acceptors (Lipinski definition) is 10. The fourth-order valence-corrected chi connectivity index (χ4v) is 5.61. The quantitative estimate of drug-likeness (QED) is 0.0298. The molecule has 1 saturated heterocycles. The number of carboxylic acids is 1. The zero-order valence-electron chi connectivity index (χ0n) is 32.9. The number of esters is 2. The Morgan fingerprint density at radius 1 is 0.593 bits per heavy atom. The zero-order valence-corrected chi connectivity index (χ0v) is 32.9. The number of unbranched alkanes of at least 4 members (excludes halogenated alkanes) is 11. The molecule has 0 aliphatic carbocycles. The Labute approximate surface area is 324 Å². The minimum Gasteiger partial charge on any atom is -0.479 e. The molecule has 0 radical (unpaired) electrons. The number of ether oxygens (including phenoxy) is 4. The van der Waals surface area contributed by atoms with E-state index in [1.54, 1.807) is 0 Å². The summed E-state index contributed by atoms with van der Waals surface area (Å²) in [5.41, 5.74) is 0. The molecule has 1 aliphatic heterocycles. The molecule has 6 atom stereocenters. The Balaban J connectivity index is 2.43. The number of carboxylic acid groups (broad SMARTS) is 1. The number of carbonyl (C=O) groups excluding carboxylic acids is 2. The third-order valence-corrected chi connectivity index (χ3v) is 8.85. The van der Waals surface area contributed by atoms with Crippen LogP contribution in [-0.4, -0.2) is 88.4 Å². The van der Waals surface area contributed by atoms with E-state index in [9.17, 15) is 34.8 Å². The van der Waals surface area contributed by atoms with E-state index in [4.69, 9.17) is 18.9 Å². The second kappa shape index (κ2) is 33.3. The van der Waals surface area contributed by atoms with Crippen LogP contribution in [0, 0.1) is 0 Å². The van der Waals surface area contributed by atoms with Gasteiger partial charge in [0.2, 0.25) is 0 Å². The third-order valence-electron chi connectivity index (χ3n) is 8.85. The normalized spacial score (nSPS) is 21.2. The highest BCUT2D eigenvalue weighted by Crippen LogP contribution is 2.23. The van der Waals surface area contributed by atoms with E-state index >= 15 is 0 Å². The van der Waals surface area contributed by atoms with E-state index in [0.717, 1.165) is 89.9 Å². The van der Waals surface area contributed by atoms with E-state index in [2.05, 4.69) is 74.6 Å². The van der Waals surface area contributed by atoms with Crippen LogP contribution < -0.4 is 0 Å². The topological polar surface area (TPSA) is 169 Å². The summed E-state index contributed by atoms with van der Waals surface area (Å²) in [5, 5.41) is 39.7. The highest BCUT2D eigenvalue weighted by atomic mass is 16.7. The molecule has 0 spiro atoms. The van der Waals surface area contributed by atoms with Gasteiger partial charge in [-0.05, 0) is 70.6 Å². The summed E-state index contributed by atoms with van der Waals surface area (Å²) in [6.07, 6.45) is 30.0. The summed E-state index contributed by atoms with van der Waals surface area (Å²) in [7, 11) is 0. The lowest BCUT2D eigenvalue weighted by Crippen LogP contribution is -2.60. The SMILES string of the molecule is CC/C=C\C/C=C\C/C=C\C/C=C\CCCCCCC(=O)OCC(COC1OC(C(=O)O)C(O)C(O)C1O)OC(=O)CCCCCCC/C=C\CCCC. The number of allylic oxidation sites excluding steroid dienone is 10. The van der Waals surface area contributed by atoms with Gasteiger partial charge in [0.1, 0.15) is 24.9 Å². The summed E-state index contributed by atoms with van der Waals surface area (Å²) >= 11 is 0. The van der Waals surface area contributed by atoms with Crippen LogP contribution >= 0.6 is 0 Å². The highest BCUT2D eigenvalue weighted by Gasteiger charge is 2.47. The second-order valence-electron chi connectivity index (χ2n) is 13.7. The molecule has 0 amide bonds. The molecule has 0 bridgehead atoms. The van der Waals surface area contributed by atoms with E-state index < -0.39 is 61.3 Å². The number of aliphatic hydroxyl groups is 3. The van der Waals surface area contributed by atoms with Crippen molar-refractivity contribution in [2.24, 2.45) is 0 Å². The van der Waals surface area contributed by atoms with Gasteiger partial charge in [-0.2, -0.15) is 0 Å². The number of rotatable bonds is 32. The van der Waals surface area contributed by atoms with E-state index in [1.165, 1.54) is 12.8 Å². The molecule has 308 valence electrons. The Bertz CT molecular complexity index is 1130. The smallest absolute Gasteiger partial charge is 0.335 e. The van der Waals surface area contributed by atoms with Crippen LogP contribution in [0.5, 0.6) is 0 Å². The summed E-state index contributed by atoms with van der Waals surface area (Å²) < 4.78 is 21.6. The lowest BCUT2D eigenvalue weighted by Gasteiger charge is -2.38. The minimum absolute atomic E-state index is 0.164. The molecule has 1 fully saturated rings. The van der Waals surface area contributed by atoms with Gasteiger partial charge in [0, 0.05) is 12.8 Å². The van der Waals surface area contributed by atoms with Crippen LogP contribution in [0.1, 0.15) is 142 Å². The van der Waals surface area contributed by atoms with Crippen molar-refractivity contribution in [3.05, 3.63) is 60.8 Å². The Morgan fingerprint density at radius 2 is 1.09 bits per heavy atom. The van der Waals surface area contributed by atoms with Crippen molar-refractivity contribution in [3.63, 3.8) is 0 Å². The second-order valence-corrected chi connectivity index (χ2v) is 13.7. The van der Waals surface area contributed by atoms with E-state index in [-0.39, 0.29) is 19.4 Å². The largest absolute Gasteiger partial charge is 0.479 e. The van der Waals surface area contributed by atoms with E-state index in [1.807, 2.05) is 0 Å². The fourth-order valence-electron chi connectivity index (χ4n) is 5.61. The first-order valence-electron chi connectivity index (χ1n) is 20.3. The molecule has 11 heteroatoms. The molecule has 4 N–H and O–H groups in total. The average molecular weight is 763 g/mol. The first-order valence-corrected chi connectivity index (χ1v) is 20.3. The molecule has 1 rings (SSSR count). The molecule has 0 aromatic carbocycles. The van der Waals surface area contributed by atoms with Gasteiger partial charge in [-0.25, -0.2) is 4.79 Å².